The molecule has 2 aromatic heterocycles. The summed E-state index contributed by atoms with van der Waals surface area (Å²) in [5, 5.41) is 10.9. The lowest BCUT2D eigenvalue weighted by Crippen LogP contribution is -2.57. The van der Waals surface area contributed by atoms with Gasteiger partial charge in [-0.05, 0) is 113 Å². The minimum atomic E-state index is -5.03. The number of aryl methyl sites for hydroxylation is 1. The van der Waals surface area contributed by atoms with Gasteiger partial charge in [0.1, 0.15) is 47.0 Å². The molecule has 5 aromatic rings. The topological polar surface area (TPSA) is 129 Å². The molecule has 9 rings (SSSR count). The number of carbonyl (C=O) groups is 1. The van der Waals surface area contributed by atoms with Gasteiger partial charge in [-0.1, -0.05) is 24.3 Å². The van der Waals surface area contributed by atoms with E-state index in [0.717, 1.165) is 17.5 Å². The fourth-order valence-corrected chi connectivity index (χ4v) is 10.6. The van der Waals surface area contributed by atoms with Gasteiger partial charge in [0.15, 0.2) is 5.82 Å². The number of hydrogen-bond acceptors (Lipinski definition) is 12. The van der Waals surface area contributed by atoms with Gasteiger partial charge in [0, 0.05) is 44.5 Å². The zero-order chi connectivity index (χ0) is 49.0. The number of nitriles is 1. The Kier molecular flexibility index (Phi) is 12.7. The quantitative estimate of drug-likeness (QED) is 0.110. The van der Waals surface area contributed by atoms with E-state index in [1.54, 1.807) is 69.1 Å². The number of ether oxygens (including phenoxy) is 4. The largest absolute Gasteiger partial charge is 0.497 e. The van der Waals surface area contributed by atoms with Crippen molar-refractivity contribution < 1.29 is 45.7 Å². The van der Waals surface area contributed by atoms with Crippen LogP contribution in [0.25, 0.3) is 22.2 Å². The maximum absolute atomic E-state index is 18.0. The van der Waals surface area contributed by atoms with Crippen LogP contribution in [0.4, 0.5) is 38.4 Å². The molecule has 3 aromatic carbocycles. The number of carbonyl (C=O) groups excluding carboxylic acids is 1. The molecule has 4 saturated heterocycles. The summed E-state index contributed by atoms with van der Waals surface area (Å²) < 4.78 is 102. The molecule has 6 heterocycles. The summed E-state index contributed by atoms with van der Waals surface area (Å²) in [5.74, 6) is 0.298. The summed E-state index contributed by atoms with van der Waals surface area (Å²) in [6.07, 6.45) is -3.47. The normalized spacial score (nSPS) is 21.3. The molecule has 4 atom stereocenters. The van der Waals surface area contributed by atoms with Crippen LogP contribution in [0, 0.1) is 24.1 Å². The molecule has 2 unspecified atom stereocenters. The van der Waals surface area contributed by atoms with Crippen molar-refractivity contribution in [2.24, 2.45) is 0 Å². The first-order valence-corrected chi connectivity index (χ1v) is 23.2. The predicted molar refractivity (Wildman–Crippen MR) is 249 cm³/mol. The van der Waals surface area contributed by atoms with Crippen molar-refractivity contribution in [1.29, 1.82) is 5.26 Å². The Morgan fingerprint density at radius 1 is 0.913 bits per heavy atom. The highest BCUT2D eigenvalue weighted by molar-refractivity contribution is 5.96. The number of amides is 1. The second-order valence-electron chi connectivity index (χ2n) is 19.6. The van der Waals surface area contributed by atoms with Crippen LogP contribution in [0.3, 0.4) is 0 Å². The van der Waals surface area contributed by atoms with Gasteiger partial charge in [-0.2, -0.15) is 28.4 Å². The minimum absolute atomic E-state index is 0.0000364. The third-order valence-corrected chi connectivity index (χ3v) is 13.7. The van der Waals surface area contributed by atoms with Crippen molar-refractivity contribution >= 4 is 28.6 Å². The summed E-state index contributed by atoms with van der Waals surface area (Å²) in [5.41, 5.74) is -3.49. The predicted octanol–water partition coefficient (Wildman–Crippen LogP) is 9.80. The Bertz CT molecular complexity index is 2720. The molecule has 4 aliphatic rings. The maximum Gasteiger partial charge on any atom is 0.418 e. The lowest BCUT2D eigenvalue weighted by Gasteiger charge is -2.42. The van der Waals surface area contributed by atoms with Gasteiger partial charge in [-0.15, -0.1) is 0 Å². The van der Waals surface area contributed by atoms with Gasteiger partial charge in [-0.3, -0.25) is 9.80 Å². The monoisotopic (exact) mass is 954 g/mol. The lowest BCUT2D eigenvalue weighted by molar-refractivity contribution is -0.137. The number of aromatic nitrogens is 3. The smallest absolute Gasteiger partial charge is 0.418 e. The van der Waals surface area contributed by atoms with Crippen molar-refractivity contribution in [3.8, 4) is 34.8 Å². The van der Waals surface area contributed by atoms with E-state index in [9.17, 15) is 14.4 Å². The van der Waals surface area contributed by atoms with Crippen LogP contribution in [-0.4, -0.2) is 107 Å². The summed E-state index contributed by atoms with van der Waals surface area (Å²) in [6, 6.07) is 18.2. The Morgan fingerprint density at radius 2 is 1.54 bits per heavy atom. The number of benzene rings is 3. The standard InChI is InChI=1S/C51H55F5N8O5/c1-30-20-40(61(24-31-8-14-37(66-5)15-9-31)25-32-10-16-38(67-6)17-11-32)58-45(42(30)51(54,55)56)41-33(23-57)21-39-44(43(41)53)59-47(68-29-50-18-7-19-63(50)26-34(52)22-50)60-46(39)62-27-35-12-13-36(28-62)64(35)48(65)69-49(2,3)4/h8-11,14-17,20-21,34-36H,7,12-13,18-19,22,24-29H2,1-6H3/t34-,35?,36?,50+/m1/s1. The molecule has 364 valence electrons. The zero-order valence-corrected chi connectivity index (χ0v) is 39.5. The number of alkyl halides is 4. The third-order valence-electron chi connectivity index (χ3n) is 13.7. The van der Waals surface area contributed by atoms with Crippen molar-refractivity contribution in [3.05, 3.63) is 94.3 Å². The zero-order valence-electron chi connectivity index (χ0n) is 39.5. The molecule has 0 aliphatic carbocycles. The summed E-state index contributed by atoms with van der Waals surface area (Å²) in [4.78, 5) is 34.9. The number of nitrogens with zero attached hydrogens (tertiary/aromatic N) is 8. The molecule has 69 heavy (non-hydrogen) atoms. The van der Waals surface area contributed by atoms with Crippen LogP contribution in [0.1, 0.15) is 80.7 Å². The van der Waals surface area contributed by atoms with Gasteiger partial charge in [-0.25, -0.2) is 18.6 Å². The van der Waals surface area contributed by atoms with Crippen LogP contribution >= 0.6 is 0 Å². The molecule has 0 N–H and O–H groups in total. The van der Waals surface area contributed by atoms with E-state index in [1.807, 2.05) is 35.2 Å². The Balaban J connectivity index is 1.19. The Morgan fingerprint density at radius 3 is 2.10 bits per heavy atom. The van der Waals surface area contributed by atoms with E-state index >= 15 is 17.6 Å². The number of halogens is 5. The first-order valence-electron chi connectivity index (χ1n) is 23.2. The highest BCUT2D eigenvalue weighted by atomic mass is 19.4. The van der Waals surface area contributed by atoms with Crippen LogP contribution in [0.2, 0.25) is 0 Å². The Labute approximate surface area is 397 Å². The number of pyridine rings is 1. The SMILES string of the molecule is COc1ccc(CN(Cc2ccc(OC)cc2)c2cc(C)c(C(F)(F)F)c(-c3c(C#N)cc4c(N5CC6CCC(C5)N6C(=O)OC(C)(C)C)nc(OC[C@@]56CCCN5C[C@H](F)C6)nc4c3F)n2)cc1. The van der Waals surface area contributed by atoms with E-state index in [1.165, 1.54) is 19.1 Å². The minimum Gasteiger partial charge on any atom is -0.497 e. The highest BCUT2D eigenvalue weighted by Gasteiger charge is 2.50. The molecule has 0 spiro atoms. The van der Waals surface area contributed by atoms with Crippen LogP contribution in [0.5, 0.6) is 17.5 Å². The fourth-order valence-electron chi connectivity index (χ4n) is 10.6. The number of methoxy groups -OCH3 is 2. The molecule has 2 bridgehead atoms. The molecule has 18 heteroatoms. The summed E-state index contributed by atoms with van der Waals surface area (Å²) in [6.45, 7) is 8.50. The molecule has 1 amide bonds. The average molecular weight is 955 g/mol. The van der Waals surface area contributed by atoms with Gasteiger partial charge in [0.25, 0.3) is 0 Å². The molecular weight excluding hydrogens is 900 g/mol. The van der Waals surface area contributed by atoms with Gasteiger partial charge < -0.3 is 28.7 Å². The number of hydrogen-bond donors (Lipinski definition) is 0. The summed E-state index contributed by atoms with van der Waals surface area (Å²) >= 11 is 0. The number of piperazine rings is 1. The maximum atomic E-state index is 18.0. The van der Waals surface area contributed by atoms with E-state index in [0.29, 0.717) is 37.3 Å². The lowest BCUT2D eigenvalue weighted by atomic mass is 9.94. The van der Waals surface area contributed by atoms with Crippen molar-refractivity contribution in [1.82, 2.24) is 24.8 Å². The molecule has 4 aliphatic heterocycles. The van der Waals surface area contributed by atoms with Crippen molar-refractivity contribution in [2.75, 3.05) is 56.8 Å². The van der Waals surface area contributed by atoms with Crippen LogP contribution in [0.15, 0.2) is 60.7 Å². The second kappa shape index (κ2) is 18.4. The fraction of sp³-hybridized carbons (Fsp3) is 0.471. The van der Waals surface area contributed by atoms with Crippen LogP contribution in [-0.2, 0) is 24.0 Å². The molecule has 0 saturated carbocycles. The number of fused-ring (bicyclic) bond motifs is 4. The molecule has 13 nitrogen and oxygen atoms in total. The third kappa shape index (κ3) is 9.49. The van der Waals surface area contributed by atoms with E-state index in [2.05, 4.69) is 14.9 Å². The average Bonchev–Trinajstić information content (AvgIpc) is 3.93. The number of anilines is 2. The van der Waals surface area contributed by atoms with E-state index in [-0.39, 0.29) is 91.9 Å². The van der Waals surface area contributed by atoms with Gasteiger partial charge in [0.2, 0.25) is 0 Å². The van der Waals surface area contributed by atoms with Gasteiger partial charge >= 0.3 is 18.3 Å². The van der Waals surface area contributed by atoms with E-state index in [4.69, 9.17) is 23.9 Å². The highest BCUT2D eigenvalue weighted by Crippen LogP contribution is 2.46. The van der Waals surface area contributed by atoms with Crippen LogP contribution < -0.4 is 24.0 Å². The molecule has 0 radical (unpaired) electrons. The summed E-state index contributed by atoms with van der Waals surface area (Å²) in [7, 11) is 3.09. The molecular formula is C51H55F5N8O5. The number of rotatable bonds is 12. The second-order valence-corrected chi connectivity index (χ2v) is 19.6. The van der Waals surface area contributed by atoms with Crippen molar-refractivity contribution in [2.45, 2.75) is 108 Å². The van der Waals surface area contributed by atoms with Crippen molar-refractivity contribution in [3.63, 3.8) is 0 Å². The van der Waals surface area contributed by atoms with Gasteiger partial charge in [0.05, 0.1) is 60.3 Å². The first-order chi connectivity index (χ1) is 32.9. The Hall–Kier alpha value is -6.48. The van der Waals surface area contributed by atoms with E-state index < -0.39 is 57.8 Å². The first kappa shape index (κ1) is 47.6. The molecule has 4 fully saturated rings.